The molecule has 0 atom stereocenters. The fourth-order valence-corrected chi connectivity index (χ4v) is 1.43. The van der Waals surface area contributed by atoms with Crippen molar-refractivity contribution in [2.45, 2.75) is 6.61 Å². The summed E-state index contributed by atoms with van der Waals surface area (Å²) >= 11 is 0. The lowest BCUT2D eigenvalue weighted by atomic mass is 10.2. The van der Waals surface area contributed by atoms with Gasteiger partial charge in [-0.25, -0.2) is 8.78 Å². The van der Waals surface area contributed by atoms with Crippen LogP contribution in [0.2, 0.25) is 0 Å². The minimum atomic E-state index is -0.878. The first-order valence-electron chi connectivity index (χ1n) is 5.08. The van der Waals surface area contributed by atoms with E-state index in [1.54, 1.807) is 24.3 Å². The molecule has 2 aromatic rings. The van der Waals surface area contributed by atoms with Crippen molar-refractivity contribution in [3.8, 4) is 5.75 Å². The second-order valence-corrected chi connectivity index (χ2v) is 3.57. The standard InChI is InChI=1S/C13H11F2NO/c14-12-6-1-3-9(13(12)15)8-17-11-5-2-4-10(16)7-11/h1-7H,8,16H2. The lowest BCUT2D eigenvalue weighted by Gasteiger charge is -2.07. The van der Waals surface area contributed by atoms with Gasteiger partial charge in [0.2, 0.25) is 0 Å². The molecule has 4 heteroatoms. The Morgan fingerprint density at radius 3 is 2.59 bits per heavy atom. The predicted octanol–water partition coefficient (Wildman–Crippen LogP) is 3.13. The Morgan fingerprint density at radius 1 is 1.06 bits per heavy atom. The van der Waals surface area contributed by atoms with E-state index >= 15 is 0 Å². The summed E-state index contributed by atoms with van der Waals surface area (Å²) in [6.45, 7) is -0.0347. The lowest BCUT2D eigenvalue weighted by molar-refractivity contribution is 0.297. The molecule has 2 aromatic carbocycles. The molecule has 0 bridgehead atoms. The Kier molecular flexibility index (Phi) is 3.23. The van der Waals surface area contributed by atoms with Gasteiger partial charge in [-0.3, -0.25) is 0 Å². The van der Waals surface area contributed by atoms with Crippen LogP contribution < -0.4 is 10.5 Å². The summed E-state index contributed by atoms with van der Waals surface area (Å²) in [5.74, 6) is -1.23. The SMILES string of the molecule is Nc1cccc(OCc2cccc(F)c2F)c1. The molecule has 2 nitrogen and oxygen atoms in total. The van der Waals surface area contributed by atoms with Crippen molar-refractivity contribution in [3.05, 3.63) is 59.7 Å². The van der Waals surface area contributed by atoms with Gasteiger partial charge in [-0.15, -0.1) is 0 Å². The molecular weight excluding hydrogens is 224 g/mol. The van der Waals surface area contributed by atoms with E-state index in [1.807, 2.05) is 0 Å². The van der Waals surface area contributed by atoms with E-state index in [9.17, 15) is 8.78 Å². The zero-order valence-electron chi connectivity index (χ0n) is 8.99. The third-order valence-corrected chi connectivity index (χ3v) is 2.28. The zero-order chi connectivity index (χ0) is 12.3. The molecule has 88 valence electrons. The highest BCUT2D eigenvalue weighted by atomic mass is 19.2. The molecule has 0 aromatic heterocycles. The van der Waals surface area contributed by atoms with Gasteiger partial charge in [-0.2, -0.15) is 0 Å². The number of benzene rings is 2. The van der Waals surface area contributed by atoms with E-state index in [-0.39, 0.29) is 12.2 Å². The third-order valence-electron chi connectivity index (χ3n) is 2.28. The number of hydrogen-bond acceptors (Lipinski definition) is 2. The van der Waals surface area contributed by atoms with Crippen molar-refractivity contribution in [3.63, 3.8) is 0 Å². The normalized spacial score (nSPS) is 10.2. The van der Waals surface area contributed by atoms with Crippen molar-refractivity contribution in [1.82, 2.24) is 0 Å². The maximum Gasteiger partial charge on any atom is 0.165 e. The molecule has 0 amide bonds. The van der Waals surface area contributed by atoms with Crippen LogP contribution in [-0.4, -0.2) is 0 Å². The van der Waals surface area contributed by atoms with Gasteiger partial charge in [0, 0.05) is 17.3 Å². The average Bonchev–Trinajstić information content (AvgIpc) is 2.31. The predicted molar refractivity (Wildman–Crippen MR) is 61.5 cm³/mol. The van der Waals surface area contributed by atoms with E-state index in [4.69, 9.17) is 10.5 Å². The lowest BCUT2D eigenvalue weighted by Crippen LogP contribution is -2.00. The number of halogens is 2. The summed E-state index contributed by atoms with van der Waals surface area (Å²) < 4.78 is 31.5. The summed E-state index contributed by atoms with van der Waals surface area (Å²) in [5.41, 5.74) is 6.30. The van der Waals surface area contributed by atoms with Gasteiger partial charge in [0.25, 0.3) is 0 Å². The molecule has 0 aliphatic carbocycles. The van der Waals surface area contributed by atoms with E-state index in [2.05, 4.69) is 0 Å². The van der Waals surface area contributed by atoms with Crippen LogP contribution in [0.5, 0.6) is 5.75 Å². The zero-order valence-corrected chi connectivity index (χ0v) is 8.99. The second kappa shape index (κ2) is 4.82. The fraction of sp³-hybridized carbons (Fsp3) is 0.0769. The fourth-order valence-electron chi connectivity index (χ4n) is 1.43. The largest absolute Gasteiger partial charge is 0.489 e. The van der Waals surface area contributed by atoms with Crippen LogP contribution in [0, 0.1) is 11.6 Å². The average molecular weight is 235 g/mol. The number of anilines is 1. The first-order valence-corrected chi connectivity index (χ1v) is 5.08. The third kappa shape index (κ3) is 2.72. The van der Waals surface area contributed by atoms with Gasteiger partial charge in [0.15, 0.2) is 11.6 Å². The van der Waals surface area contributed by atoms with E-state index in [0.29, 0.717) is 11.4 Å². The van der Waals surface area contributed by atoms with Crippen molar-refractivity contribution < 1.29 is 13.5 Å². The molecule has 0 unspecified atom stereocenters. The number of rotatable bonds is 3. The molecule has 2 N–H and O–H groups in total. The Balaban J connectivity index is 2.10. The van der Waals surface area contributed by atoms with Crippen LogP contribution in [0.3, 0.4) is 0 Å². The summed E-state index contributed by atoms with van der Waals surface area (Å²) in [7, 11) is 0. The summed E-state index contributed by atoms with van der Waals surface area (Å²) in [5, 5.41) is 0. The van der Waals surface area contributed by atoms with Crippen LogP contribution in [-0.2, 0) is 6.61 Å². The first kappa shape index (κ1) is 11.4. The maximum atomic E-state index is 13.3. The Morgan fingerprint density at radius 2 is 1.82 bits per heavy atom. The molecule has 0 heterocycles. The molecule has 0 radical (unpaired) electrons. The van der Waals surface area contributed by atoms with Crippen LogP contribution in [0.1, 0.15) is 5.56 Å². The molecule has 17 heavy (non-hydrogen) atoms. The van der Waals surface area contributed by atoms with E-state index in [0.717, 1.165) is 6.07 Å². The number of ether oxygens (including phenoxy) is 1. The minimum Gasteiger partial charge on any atom is -0.489 e. The topological polar surface area (TPSA) is 35.2 Å². The van der Waals surface area contributed by atoms with Gasteiger partial charge in [-0.05, 0) is 18.2 Å². The molecule has 2 rings (SSSR count). The highest BCUT2D eigenvalue weighted by molar-refractivity contribution is 5.43. The maximum absolute atomic E-state index is 13.3. The second-order valence-electron chi connectivity index (χ2n) is 3.57. The van der Waals surface area contributed by atoms with Crippen molar-refractivity contribution in [2.24, 2.45) is 0 Å². The van der Waals surface area contributed by atoms with Gasteiger partial charge in [0.05, 0.1) is 0 Å². The van der Waals surface area contributed by atoms with Gasteiger partial charge >= 0.3 is 0 Å². The molecule has 0 aliphatic heterocycles. The van der Waals surface area contributed by atoms with Crippen LogP contribution >= 0.6 is 0 Å². The van der Waals surface area contributed by atoms with E-state index < -0.39 is 11.6 Å². The molecule has 0 spiro atoms. The van der Waals surface area contributed by atoms with Crippen molar-refractivity contribution in [2.75, 3.05) is 5.73 Å². The molecule has 0 saturated heterocycles. The molecular formula is C13H11F2NO. The van der Waals surface area contributed by atoms with Crippen molar-refractivity contribution >= 4 is 5.69 Å². The van der Waals surface area contributed by atoms with Gasteiger partial charge < -0.3 is 10.5 Å². The van der Waals surface area contributed by atoms with E-state index in [1.165, 1.54) is 12.1 Å². The minimum absolute atomic E-state index is 0.0347. The van der Waals surface area contributed by atoms with Crippen LogP contribution in [0.15, 0.2) is 42.5 Å². The highest BCUT2D eigenvalue weighted by Crippen LogP contribution is 2.18. The quantitative estimate of drug-likeness (QED) is 0.829. The van der Waals surface area contributed by atoms with Crippen molar-refractivity contribution in [1.29, 1.82) is 0 Å². The highest BCUT2D eigenvalue weighted by Gasteiger charge is 2.07. The first-order chi connectivity index (χ1) is 8.16. The number of nitrogen functional groups attached to an aromatic ring is 1. The Hall–Kier alpha value is -2.10. The van der Waals surface area contributed by atoms with Gasteiger partial charge in [0.1, 0.15) is 12.4 Å². The summed E-state index contributed by atoms with van der Waals surface area (Å²) in [6.07, 6.45) is 0. The Labute approximate surface area is 97.6 Å². The summed E-state index contributed by atoms with van der Waals surface area (Å²) in [4.78, 5) is 0. The van der Waals surface area contributed by atoms with Crippen LogP contribution in [0.25, 0.3) is 0 Å². The Bertz CT molecular complexity index is 529. The molecule has 0 fully saturated rings. The number of nitrogens with two attached hydrogens (primary N) is 1. The number of hydrogen-bond donors (Lipinski definition) is 1. The monoisotopic (exact) mass is 235 g/mol. The van der Waals surface area contributed by atoms with Crippen LogP contribution in [0.4, 0.5) is 14.5 Å². The summed E-state index contributed by atoms with van der Waals surface area (Å²) in [6, 6.07) is 10.8. The molecule has 0 aliphatic rings. The smallest absolute Gasteiger partial charge is 0.165 e. The molecule has 0 saturated carbocycles. The van der Waals surface area contributed by atoms with Gasteiger partial charge in [-0.1, -0.05) is 18.2 Å².